The third-order valence-corrected chi connectivity index (χ3v) is 7.59. The van der Waals surface area contributed by atoms with Crippen LogP contribution in [0.4, 0.5) is 14.0 Å². The van der Waals surface area contributed by atoms with Crippen molar-refractivity contribution in [3.63, 3.8) is 0 Å². The minimum atomic E-state index is -0.225. The molecule has 3 amide bonds. The highest BCUT2D eigenvalue weighted by atomic mass is 19.1. The van der Waals surface area contributed by atoms with Gasteiger partial charge in [0.15, 0.2) is 0 Å². The Morgan fingerprint density at radius 1 is 1.09 bits per heavy atom. The molecule has 0 N–H and O–H groups in total. The average Bonchev–Trinajstić information content (AvgIpc) is 3.05. The minimum absolute atomic E-state index is 0.00500. The van der Waals surface area contributed by atoms with E-state index >= 15 is 0 Å². The van der Waals surface area contributed by atoms with E-state index in [0.29, 0.717) is 19.1 Å². The van der Waals surface area contributed by atoms with Crippen LogP contribution >= 0.6 is 0 Å². The second-order valence-corrected chi connectivity index (χ2v) is 9.72. The highest BCUT2D eigenvalue weighted by Gasteiger charge is 2.46. The number of amides is 3. The molecule has 0 aromatic rings. The molecule has 3 aliphatic heterocycles. The molecule has 0 aromatic heterocycles. The smallest absolute Gasteiger partial charge is 0.410 e. The van der Waals surface area contributed by atoms with Gasteiger partial charge in [-0.1, -0.05) is 6.08 Å². The van der Waals surface area contributed by atoms with Gasteiger partial charge >= 0.3 is 12.1 Å². The first kappa shape index (κ1) is 23.1. The number of rotatable bonds is 4. The number of hydrogen-bond donors (Lipinski definition) is 0. The first-order valence-corrected chi connectivity index (χ1v) is 12.1. The largest absolute Gasteiger partial charge is 0.450 e. The highest BCUT2D eigenvalue weighted by Crippen LogP contribution is 2.39. The van der Waals surface area contributed by atoms with Gasteiger partial charge in [-0.3, -0.25) is 0 Å². The van der Waals surface area contributed by atoms with Crippen molar-refractivity contribution in [2.45, 2.75) is 82.1 Å². The van der Waals surface area contributed by atoms with Crippen LogP contribution in [0.15, 0.2) is 24.1 Å². The van der Waals surface area contributed by atoms with Gasteiger partial charge in [-0.2, -0.15) is 0 Å². The molecule has 1 aliphatic carbocycles. The number of allylic oxidation sites excluding steroid dienone is 2. The zero-order valence-electron chi connectivity index (χ0n) is 19.6. The Balaban J connectivity index is 1.36. The fourth-order valence-electron chi connectivity index (χ4n) is 6.06. The van der Waals surface area contributed by atoms with E-state index in [1.54, 1.807) is 25.1 Å². The molecule has 3 saturated heterocycles. The van der Waals surface area contributed by atoms with Gasteiger partial charge in [0.25, 0.3) is 0 Å². The summed E-state index contributed by atoms with van der Waals surface area (Å²) in [7, 11) is 3.56. The molecular weight excluding hydrogens is 411 g/mol. The van der Waals surface area contributed by atoms with Crippen molar-refractivity contribution in [3.8, 4) is 0 Å². The summed E-state index contributed by atoms with van der Waals surface area (Å²) in [5.41, 5.74) is 0. The van der Waals surface area contributed by atoms with Gasteiger partial charge in [0.05, 0.1) is 12.6 Å². The number of carbonyl (C=O) groups excluding carboxylic acids is 2. The lowest BCUT2D eigenvalue weighted by Crippen LogP contribution is -2.57. The number of halogens is 1. The lowest BCUT2D eigenvalue weighted by atomic mass is 9.92. The van der Waals surface area contributed by atoms with Gasteiger partial charge in [-0.05, 0) is 64.0 Å². The summed E-state index contributed by atoms with van der Waals surface area (Å²) in [5, 5.41) is 0. The van der Waals surface area contributed by atoms with Crippen LogP contribution in [0.25, 0.3) is 0 Å². The first-order chi connectivity index (χ1) is 15.4. The fourth-order valence-corrected chi connectivity index (χ4v) is 6.06. The standard InChI is InChI=1S/C24H37FN4O3/c1-4-32-24(31)29-20-9-10-21(29)16-22(15-20)27-13-11-19(12-14-27)28(23(30)26(2)3)18-7-5-17(25)6-8-18/h5-7,18-22H,4,8-16H2,1-3H3. The lowest BCUT2D eigenvalue weighted by molar-refractivity contribution is 0.0233. The zero-order valence-corrected chi connectivity index (χ0v) is 19.6. The number of carbonyl (C=O) groups is 2. The lowest BCUT2D eigenvalue weighted by Gasteiger charge is -2.47. The SMILES string of the molecule is CCOC(=O)N1C2CCC1CC(N1CCC(N(C(=O)N(C)C)C3C=CC(F)=CC3)CC1)C2. The molecule has 0 aromatic carbocycles. The van der Waals surface area contributed by atoms with Gasteiger partial charge in [-0.15, -0.1) is 0 Å². The number of nitrogens with zero attached hydrogens (tertiary/aromatic N) is 4. The Hall–Kier alpha value is -2.09. The number of ether oxygens (including phenoxy) is 1. The molecule has 2 bridgehead atoms. The van der Waals surface area contributed by atoms with Crippen molar-refractivity contribution >= 4 is 12.1 Å². The second kappa shape index (κ2) is 9.81. The Morgan fingerprint density at radius 2 is 1.75 bits per heavy atom. The van der Waals surface area contributed by atoms with Gasteiger partial charge in [-0.25, -0.2) is 14.0 Å². The summed E-state index contributed by atoms with van der Waals surface area (Å²) in [6, 6.07) is 1.12. The van der Waals surface area contributed by atoms with Crippen molar-refractivity contribution in [1.82, 2.24) is 19.6 Å². The summed E-state index contributed by atoms with van der Waals surface area (Å²) in [4.78, 5) is 33.5. The number of fused-ring (bicyclic) bond motifs is 2. The number of piperidine rings is 2. The molecule has 3 heterocycles. The molecule has 0 radical (unpaired) electrons. The topological polar surface area (TPSA) is 56.3 Å². The molecule has 4 rings (SSSR count). The van der Waals surface area contributed by atoms with Gasteiger partial charge < -0.3 is 24.3 Å². The normalized spacial score (nSPS) is 30.8. The Labute approximate surface area is 190 Å². The van der Waals surface area contributed by atoms with Gasteiger partial charge in [0.2, 0.25) is 0 Å². The van der Waals surface area contributed by atoms with Crippen LogP contribution in [-0.4, -0.2) is 95.7 Å². The first-order valence-electron chi connectivity index (χ1n) is 12.1. The summed E-state index contributed by atoms with van der Waals surface area (Å²) < 4.78 is 18.8. The number of urea groups is 1. The summed E-state index contributed by atoms with van der Waals surface area (Å²) in [5.74, 6) is -0.225. The van der Waals surface area contributed by atoms with E-state index in [4.69, 9.17) is 4.74 Å². The van der Waals surface area contributed by atoms with Crippen molar-refractivity contribution in [2.75, 3.05) is 33.8 Å². The van der Waals surface area contributed by atoms with Crippen molar-refractivity contribution in [1.29, 1.82) is 0 Å². The van der Waals surface area contributed by atoms with E-state index in [1.165, 1.54) is 6.08 Å². The molecule has 3 atom stereocenters. The van der Waals surface area contributed by atoms with Crippen molar-refractivity contribution in [3.05, 3.63) is 24.1 Å². The summed E-state index contributed by atoms with van der Waals surface area (Å²) in [6.45, 7) is 4.18. The quantitative estimate of drug-likeness (QED) is 0.657. The van der Waals surface area contributed by atoms with Crippen LogP contribution in [-0.2, 0) is 4.74 Å². The molecular formula is C24H37FN4O3. The van der Waals surface area contributed by atoms with Gasteiger partial charge in [0, 0.05) is 51.4 Å². The van der Waals surface area contributed by atoms with Crippen molar-refractivity contribution in [2.24, 2.45) is 0 Å². The van der Waals surface area contributed by atoms with Gasteiger partial charge in [0.1, 0.15) is 5.83 Å². The molecule has 0 spiro atoms. The zero-order chi connectivity index (χ0) is 22.8. The monoisotopic (exact) mass is 448 g/mol. The number of hydrogen-bond acceptors (Lipinski definition) is 4. The van der Waals surface area contributed by atoms with Crippen LogP contribution in [0.3, 0.4) is 0 Å². The van der Waals surface area contributed by atoms with E-state index in [0.717, 1.165) is 51.6 Å². The molecule has 178 valence electrons. The molecule has 4 aliphatic rings. The minimum Gasteiger partial charge on any atom is -0.450 e. The van der Waals surface area contributed by atoms with E-state index in [2.05, 4.69) is 4.90 Å². The van der Waals surface area contributed by atoms with Crippen LogP contribution in [0.1, 0.15) is 51.9 Å². The van der Waals surface area contributed by atoms with Crippen molar-refractivity contribution < 1.29 is 18.7 Å². The summed E-state index contributed by atoms with van der Waals surface area (Å²) >= 11 is 0. The maximum absolute atomic E-state index is 13.5. The maximum Gasteiger partial charge on any atom is 0.410 e. The van der Waals surface area contributed by atoms with Crippen LogP contribution < -0.4 is 0 Å². The fraction of sp³-hybridized carbons (Fsp3) is 0.750. The Morgan fingerprint density at radius 3 is 2.28 bits per heavy atom. The molecule has 32 heavy (non-hydrogen) atoms. The van der Waals surface area contributed by atoms with E-state index in [-0.39, 0.29) is 42.1 Å². The third kappa shape index (κ3) is 4.65. The predicted molar refractivity (Wildman–Crippen MR) is 121 cm³/mol. The second-order valence-electron chi connectivity index (χ2n) is 9.72. The predicted octanol–water partition coefficient (Wildman–Crippen LogP) is 3.77. The van der Waals surface area contributed by atoms with E-state index < -0.39 is 0 Å². The van der Waals surface area contributed by atoms with Crippen LogP contribution in [0.5, 0.6) is 0 Å². The maximum atomic E-state index is 13.5. The third-order valence-electron chi connectivity index (χ3n) is 7.59. The molecule has 3 fully saturated rings. The Kier molecular flexibility index (Phi) is 7.08. The Bertz CT molecular complexity index is 748. The summed E-state index contributed by atoms with van der Waals surface area (Å²) in [6.07, 6.45) is 11.2. The van der Waals surface area contributed by atoms with E-state index in [9.17, 15) is 14.0 Å². The molecule has 7 nitrogen and oxygen atoms in total. The molecule has 8 heteroatoms. The molecule has 0 saturated carbocycles. The number of likely N-dealkylation sites (tertiary alicyclic amines) is 1. The average molecular weight is 449 g/mol. The van der Waals surface area contributed by atoms with Crippen LogP contribution in [0, 0.1) is 0 Å². The highest BCUT2D eigenvalue weighted by molar-refractivity contribution is 5.75. The van der Waals surface area contributed by atoms with Crippen LogP contribution in [0.2, 0.25) is 0 Å². The molecule has 3 unspecified atom stereocenters. The van der Waals surface area contributed by atoms with E-state index in [1.807, 2.05) is 22.8 Å².